The molecule has 0 saturated heterocycles. The van der Waals surface area contributed by atoms with Crippen LogP contribution in [-0.2, 0) is 6.42 Å². The lowest BCUT2D eigenvalue weighted by molar-refractivity contribution is 0.225. The summed E-state index contributed by atoms with van der Waals surface area (Å²) in [5.74, 6) is 1.03. The van der Waals surface area contributed by atoms with E-state index in [1.807, 2.05) is 0 Å². The molecule has 0 spiro atoms. The SMILES string of the molecule is Cc1ccc(-c2cc(-c3ccccc3)cc3c2OC(CCN)C3)cc1. The average molecular weight is 329 g/mol. The predicted molar refractivity (Wildman–Crippen MR) is 104 cm³/mol. The van der Waals surface area contributed by atoms with Gasteiger partial charge in [-0.2, -0.15) is 0 Å². The van der Waals surface area contributed by atoms with E-state index in [4.69, 9.17) is 10.5 Å². The fraction of sp³-hybridized carbons (Fsp3) is 0.217. The molecule has 1 atom stereocenters. The zero-order chi connectivity index (χ0) is 17.2. The van der Waals surface area contributed by atoms with E-state index in [2.05, 4.69) is 73.7 Å². The quantitative estimate of drug-likeness (QED) is 0.732. The number of fused-ring (bicyclic) bond motifs is 1. The molecule has 0 bridgehead atoms. The summed E-state index contributed by atoms with van der Waals surface area (Å²) < 4.78 is 6.27. The van der Waals surface area contributed by atoms with E-state index in [0.717, 1.165) is 18.6 Å². The molecule has 126 valence electrons. The van der Waals surface area contributed by atoms with Gasteiger partial charge in [0.1, 0.15) is 11.9 Å². The Morgan fingerprint density at radius 1 is 0.920 bits per heavy atom. The molecule has 1 unspecified atom stereocenters. The highest BCUT2D eigenvalue weighted by molar-refractivity contribution is 5.80. The Morgan fingerprint density at radius 2 is 1.68 bits per heavy atom. The highest BCUT2D eigenvalue weighted by Crippen LogP contribution is 2.42. The van der Waals surface area contributed by atoms with E-state index in [9.17, 15) is 0 Å². The lowest BCUT2D eigenvalue weighted by Crippen LogP contribution is -2.17. The topological polar surface area (TPSA) is 35.2 Å². The van der Waals surface area contributed by atoms with Crippen LogP contribution < -0.4 is 10.5 Å². The van der Waals surface area contributed by atoms with Crippen LogP contribution in [-0.4, -0.2) is 12.6 Å². The van der Waals surface area contributed by atoms with Crippen molar-refractivity contribution < 1.29 is 4.74 Å². The van der Waals surface area contributed by atoms with E-state index in [1.54, 1.807) is 0 Å². The standard InChI is InChI=1S/C23H23NO/c1-16-7-9-18(10-8-16)22-15-19(17-5-3-2-4-6-17)13-20-14-21(11-12-24)25-23(20)22/h2-10,13,15,21H,11-12,14,24H2,1H3. The zero-order valence-corrected chi connectivity index (χ0v) is 14.5. The van der Waals surface area contributed by atoms with Gasteiger partial charge in [-0.25, -0.2) is 0 Å². The van der Waals surface area contributed by atoms with Gasteiger partial charge in [0.25, 0.3) is 0 Å². The van der Waals surface area contributed by atoms with Crippen molar-refractivity contribution in [1.29, 1.82) is 0 Å². The molecule has 0 aromatic heterocycles. The lowest BCUT2D eigenvalue weighted by atomic mass is 9.94. The Morgan fingerprint density at radius 3 is 2.40 bits per heavy atom. The Hall–Kier alpha value is -2.58. The molecule has 0 saturated carbocycles. The first-order valence-electron chi connectivity index (χ1n) is 8.90. The maximum atomic E-state index is 6.27. The van der Waals surface area contributed by atoms with Gasteiger partial charge >= 0.3 is 0 Å². The minimum atomic E-state index is 0.190. The maximum absolute atomic E-state index is 6.27. The van der Waals surface area contributed by atoms with Gasteiger partial charge in [0.2, 0.25) is 0 Å². The number of benzene rings is 3. The van der Waals surface area contributed by atoms with Gasteiger partial charge in [0, 0.05) is 12.0 Å². The monoisotopic (exact) mass is 329 g/mol. The van der Waals surface area contributed by atoms with Gasteiger partial charge in [-0.05, 0) is 54.3 Å². The van der Waals surface area contributed by atoms with Crippen molar-refractivity contribution in [2.24, 2.45) is 5.73 Å². The van der Waals surface area contributed by atoms with Crippen molar-refractivity contribution in [2.45, 2.75) is 25.9 Å². The molecular formula is C23H23NO. The highest BCUT2D eigenvalue weighted by Gasteiger charge is 2.26. The highest BCUT2D eigenvalue weighted by atomic mass is 16.5. The first-order chi connectivity index (χ1) is 12.2. The minimum Gasteiger partial charge on any atom is -0.489 e. The third-order valence-electron chi connectivity index (χ3n) is 4.86. The van der Waals surface area contributed by atoms with Gasteiger partial charge < -0.3 is 10.5 Å². The normalized spacial score (nSPS) is 15.7. The minimum absolute atomic E-state index is 0.190. The lowest BCUT2D eigenvalue weighted by Gasteiger charge is -2.14. The number of rotatable bonds is 4. The molecule has 0 amide bonds. The first kappa shape index (κ1) is 15.9. The Kier molecular flexibility index (Phi) is 4.29. The van der Waals surface area contributed by atoms with Gasteiger partial charge in [0.05, 0.1) is 0 Å². The fourth-order valence-corrected chi connectivity index (χ4v) is 3.53. The molecule has 0 fully saturated rings. The molecular weight excluding hydrogens is 306 g/mol. The Balaban J connectivity index is 1.84. The summed E-state index contributed by atoms with van der Waals surface area (Å²) in [6, 6.07) is 23.7. The predicted octanol–water partition coefficient (Wildman–Crippen LogP) is 4.98. The van der Waals surface area contributed by atoms with E-state index in [1.165, 1.54) is 33.4 Å². The van der Waals surface area contributed by atoms with Crippen molar-refractivity contribution >= 4 is 0 Å². The molecule has 3 aromatic rings. The van der Waals surface area contributed by atoms with Gasteiger partial charge in [-0.1, -0.05) is 60.2 Å². The summed E-state index contributed by atoms with van der Waals surface area (Å²) in [7, 11) is 0. The molecule has 2 N–H and O–H groups in total. The van der Waals surface area contributed by atoms with E-state index in [0.29, 0.717) is 6.54 Å². The van der Waals surface area contributed by atoms with Crippen molar-refractivity contribution in [3.05, 3.63) is 77.9 Å². The second-order valence-electron chi connectivity index (χ2n) is 6.77. The summed E-state index contributed by atoms with van der Waals surface area (Å²) in [6.45, 7) is 2.77. The van der Waals surface area contributed by atoms with Crippen LogP contribution in [0.15, 0.2) is 66.7 Å². The largest absolute Gasteiger partial charge is 0.489 e. The molecule has 2 heteroatoms. The number of aryl methyl sites for hydroxylation is 1. The fourth-order valence-electron chi connectivity index (χ4n) is 3.53. The number of nitrogens with two attached hydrogens (primary N) is 1. The van der Waals surface area contributed by atoms with E-state index < -0.39 is 0 Å². The van der Waals surface area contributed by atoms with E-state index in [-0.39, 0.29) is 6.10 Å². The van der Waals surface area contributed by atoms with E-state index >= 15 is 0 Å². The molecule has 25 heavy (non-hydrogen) atoms. The summed E-state index contributed by atoms with van der Waals surface area (Å²) >= 11 is 0. The molecule has 0 radical (unpaired) electrons. The van der Waals surface area contributed by atoms with Crippen molar-refractivity contribution in [3.63, 3.8) is 0 Å². The molecule has 0 aliphatic carbocycles. The molecule has 1 aliphatic rings. The third kappa shape index (κ3) is 3.18. The van der Waals surface area contributed by atoms with Gasteiger partial charge in [-0.15, -0.1) is 0 Å². The summed E-state index contributed by atoms with van der Waals surface area (Å²) in [5.41, 5.74) is 13.2. The maximum Gasteiger partial charge on any atom is 0.130 e. The first-order valence-corrected chi connectivity index (χ1v) is 8.90. The third-order valence-corrected chi connectivity index (χ3v) is 4.86. The van der Waals surface area contributed by atoms with Crippen molar-refractivity contribution in [1.82, 2.24) is 0 Å². The summed E-state index contributed by atoms with van der Waals surface area (Å²) in [5, 5.41) is 0. The van der Waals surface area contributed by atoms with Gasteiger partial charge in [-0.3, -0.25) is 0 Å². The van der Waals surface area contributed by atoms with Crippen LogP contribution in [0, 0.1) is 6.92 Å². The molecule has 1 aliphatic heterocycles. The Bertz CT molecular complexity index is 869. The summed E-state index contributed by atoms with van der Waals surface area (Å²) in [6.07, 6.45) is 2.02. The van der Waals surface area contributed by atoms with Crippen LogP contribution in [0.5, 0.6) is 5.75 Å². The molecule has 1 heterocycles. The van der Waals surface area contributed by atoms with Gasteiger partial charge in [0.15, 0.2) is 0 Å². The van der Waals surface area contributed by atoms with Crippen molar-refractivity contribution in [2.75, 3.05) is 6.54 Å². The van der Waals surface area contributed by atoms with Crippen LogP contribution >= 0.6 is 0 Å². The van der Waals surface area contributed by atoms with Crippen LogP contribution in [0.4, 0.5) is 0 Å². The van der Waals surface area contributed by atoms with Crippen molar-refractivity contribution in [3.8, 4) is 28.0 Å². The average Bonchev–Trinajstić information content (AvgIpc) is 3.05. The number of hydrogen-bond donors (Lipinski definition) is 1. The zero-order valence-electron chi connectivity index (χ0n) is 14.5. The smallest absolute Gasteiger partial charge is 0.130 e. The number of hydrogen-bond acceptors (Lipinski definition) is 2. The van der Waals surface area contributed by atoms with Crippen LogP contribution in [0.3, 0.4) is 0 Å². The van der Waals surface area contributed by atoms with Crippen LogP contribution in [0.1, 0.15) is 17.5 Å². The van der Waals surface area contributed by atoms with Crippen LogP contribution in [0.25, 0.3) is 22.3 Å². The molecule has 2 nitrogen and oxygen atoms in total. The Labute approximate surface area is 149 Å². The van der Waals surface area contributed by atoms with Crippen LogP contribution in [0.2, 0.25) is 0 Å². The molecule has 3 aromatic carbocycles. The summed E-state index contributed by atoms with van der Waals surface area (Å²) in [4.78, 5) is 0. The second-order valence-corrected chi connectivity index (χ2v) is 6.77. The second kappa shape index (κ2) is 6.73. The number of ether oxygens (including phenoxy) is 1. The molecule has 4 rings (SSSR count).